The maximum atomic E-state index is 5.61. The Kier molecular flexibility index (Phi) is 4.40. The van der Waals surface area contributed by atoms with Gasteiger partial charge in [0, 0.05) is 9.76 Å². The average Bonchev–Trinajstić information content (AvgIpc) is 1.36. The van der Waals surface area contributed by atoms with E-state index >= 15 is 0 Å². The van der Waals surface area contributed by atoms with E-state index < -0.39 is 14.1 Å². The van der Waals surface area contributed by atoms with E-state index in [0.717, 1.165) is 9.76 Å². The first-order chi connectivity index (χ1) is 2.64. The molecule has 0 saturated carbocycles. The summed E-state index contributed by atoms with van der Waals surface area (Å²) in [6, 6.07) is 0. The zero-order valence-corrected chi connectivity index (χ0v) is 9.87. The van der Waals surface area contributed by atoms with E-state index in [2.05, 4.69) is 0 Å². The lowest BCUT2D eigenvalue weighted by atomic mass is 26.6. The molecule has 0 spiro atoms. The van der Waals surface area contributed by atoms with Crippen LogP contribution in [0.3, 0.4) is 0 Å². The molecule has 6 heteroatoms. The molecule has 0 fully saturated rings. The van der Waals surface area contributed by atoms with E-state index in [-0.39, 0.29) is 0 Å². The van der Waals surface area contributed by atoms with Crippen LogP contribution in [0.4, 0.5) is 0 Å². The van der Waals surface area contributed by atoms with Gasteiger partial charge in [0.25, 0.3) is 0 Å². The smallest absolute Gasteiger partial charge is 0.177 e. The minimum Gasteiger partial charge on any atom is -0.177 e. The van der Waals surface area contributed by atoms with Gasteiger partial charge in [-0.05, 0) is 0 Å². The van der Waals surface area contributed by atoms with Crippen LogP contribution in [-0.2, 0) is 0 Å². The summed E-state index contributed by atoms with van der Waals surface area (Å²) in [7, 11) is 0.0926. The first kappa shape index (κ1) is 7.52. The summed E-state index contributed by atoms with van der Waals surface area (Å²) in [6.45, 7) is -1.33. The van der Waals surface area contributed by atoms with Gasteiger partial charge in [-0.1, -0.05) is 0 Å². The SMILES string of the molecule is [SiH3][SiH](Cl)[SiH](Cl)Cl. The molecule has 0 saturated heterocycles. The Bertz CT molecular complexity index is 27.0. The molecule has 0 aromatic heterocycles. The standard InChI is InChI=1S/Cl3H5Si3/c1-5(2)6(3)4/h5-6H,4H3. The summed E-state index contributed by atoms with van der Waals surface area (Å²) in [4.78, 5) is 0. The Morgan fingerprint density at radius 3 is 1.33 bits per heavy atom. The molecule has 0 N–H and O–H groups in total. The second-order valence-electron chi connectivity index (χ2n) is 1.01. The molecule has 0 aliphatic heterocycles. The highest BCUT2D eigenvalue weighted by molar-refractivity contribution is 7.78. The summed E-state index contributed by atoms with van der Waals surface area (Å²) in [5, 5.41) is 0. The molecule has 0 aliphatic rings. The van der Waals surface area contributed by atoms with Gasteiger partial charge >= 0.3 is 0 Å². The molecule has 0 aromatic carbocycles. The van der Waals surface area contributed by atoms with Gasteiger partial charge in [0.05, 0.1) is 0 Å². The van der Waals surface area contributed by atoms with Crippen LogP contribution < -0.4 is 0 Å². The fourth-order valence-corrected chi connectivity index (χ4v) is 0. The second-order valence-corrected chi connectivity index (χ2v) is 27.3. The predicted molar refractivity (Wildman–Crippen MR) is 41.8 cm³/mol. The van der Waals surface area contributed by atoms with Crippen molar-refractivity contribution in [3.05, 3.63) is 0 Å². The van der Waals surface area contributed by atoms with E-state index in [1.807, 2.05) is 0 Å². The molecule has 0 nitrogen and oxygen atoms in total. The Hall–Kier alpha value is 1.52. The van der Waals surface area contributed by atoms with Crippen LogP contribution in [0.15, 0.2) is 0 Å². The molecule has 0 radical (unpaired) electrons. The van der Waals surface area contributed by atoms with Gasteiger partial charge in [-0.25, -0.2) is 0 Å². The maximum absolute atomic E-state index is 5.61. The van der Waals surface area contributed by atoms with E-state index in [0.29, 0.717) is 0 Å². The van der Waals surface area contributed by atoms with Crippen molar-refractivity contribution in [2.75, 3.05) is 0 Å². The van der Waals surface area contributed by atoms with Gasteiger partial charge < -0.3 is 0 Å². The zero-order chi connectivity index (χ0) is 5.15. The van der Waals surface area contributed by atoms with Gasteiger partial charge in [0.15, 0.2) is 0 Å². The van der Waals surface area contributed by atoms with Crippen LogP contribution in [-0.4, -0.2) is 23.8 Å². The molecule has 6 heavy (non-hydrogen) atoms. The average molecular weight is 196 g/mol. The molecule has 0 amide bonds. The van der Waals surface area contributed by atoms with E-state index in [4.69, 9.17) is 33.2 Å². The lowest BCUT2D eigenvalue weighted by Crippen LogP contribution is -2.18. The van der Waals surface area contributed by atoms with Crippen molar-refractivity contribution in [3.8, 4) is 0 Å². The topological polar surface area (TPSA) is 0 Å². The van der Waals surface area contributed by atoms with Gasteiger partial charge in [0.1, 0.15) is 7.14 Å². The monoisotopic (exact) mass is 194 g/mol. The van der Waals surface area contributed by atoms with Crippen molar-refractivity contribution >= 4 is 57.1 Å². The van der Waals surface area contributed by atoms with Crippen molar-refractivity contribution in [3.63, 3.8) is 0 Å². The Morgan fingerprint density at radius 2 is 1.33 bits per heavy atom. The first-order valence-corrected chi connectivity index (χ1v) is 14.1. The highest BCUT2D eigenvalue weighted by Crippen LogP contribution is 2.00. The van der Waals surface area contributed by atoms with Crippen LogP contribution in [0.1, 0.15) is 0 Å². The van der Waals surface area contributed by atoms with Gasteiger partial charge in [-0.2, -0.15) is 33.2 Å². The second kappa shape index (κ2) is 3.51. The summed E-state index contributed by atoms with van der Waals surface area (Å²) in [6.07, 6.45) is 0. The first-order valence-electron chi connectivity index (χ1n) is 1.57. The van der Waals surface area contributed by atoms with Crippen molar-refractivity contribution in [2.45, 2.75) is 0 Å². The molecule has 0 bridgehead atoms. The van der Waals surface area contributed by atoms with Gasteiger partial charge in [0.2, 0.25) is 6.93 Å². The van der Waals surface area contributed by atoms with Crippen molar-refractivity contribution < 1.29 is 0 Å². The van der Waals surface area contributed by atoms with Crippen molar-refractivity contribution in [1.29, 1.82) is 0 Å². The van der Waals surface area contributed by atoms with Gasteiger partial charge in [-0.3, -0.25) is 0 Å². The number of hydrogen-bond acceptors (Lipinski definition) is 0. The Labute approximate surface area is 57.1 Å². The third kappa shape index (κ3) is 3.70. The fourth-order valence-electron chi connectivity index (χ4n) is 0. The van der Waals surface area contributed by atoms with E-state index in [9.17, 15) is 0 Å². The predicted octanol–water partition coefficient (Wildman–Crippen LogP) is -0.412. The molecule has 0 rings (SSSR count). The molecular weight excluding hydrogens is 191 g/mol. The molecular formula is H5Cl3Si3. The number of hydrogen-bond donors (Lipinski definition) is 0. The van der Waals surface area contributed by atoms with Crippen molar-refractivity contribution in [2.24, 2.45) is 0 Å². The van der Waals surface area contributed by atoms with Crippen LogP contribution in [0.2, 0.25) is 0 Å². The third-order valence-electron chi connectivity index (χ3n) is 0.347. The van der Waals surface area contributed by atoms with E-state index in [1.165, 1.54) is 0 Å². The minimum absolute atomic E-state index is 0.963. The zero-order valence-electron chi connectivity index (χ0n) is 3.29. The highest BCUT2D eigenvalue weighted by Gasteiger charge is 2.10. The quantitative estimate of drug-likeness (QED) is 0.394. The van der Waals surface area contributed by atoms with Gasteiger partial charge in [-0.15, -0.1) is 0 Å². The van der Waals surface area contributed by atoms with E-state index in [1.54, 1.807) is 0 Å². The maximum Gasteiger partial charge on any atom is 0.235 e. The Balaban J connectivity index is 2.99. The summed E-state index contributed by atoms with van der Waals surface area (Å²) >= 11 is 16.6. The number of halogens is 3. The minimum atomic E-state index is -1.33. The molecule has 1 unspecified atom stereocenters. The molecule has 0 aromatic rings. The molecule has 0 heterocycles. The lowest BCUT2D eigenvalue weighted by Gasteiger charge is -1.92. The van der Waals surface area contributed by atoms with Crippen LogP contribution in [0.5, 0.6) is 0 Å². The molecule has 1 atom stereocenters. The number of rotatable bonds is 1. The summed E-state index contributed by atoms with van der Waals surface area (Å²) < 4.78 is 0. The third-order valence-corrected chi connectivity index (χ3v) is 28.1. The molecule has 38 valence electrons. The molecule has 0 aliphatic carbocycles. The summed E-state index contributed by atoms with van der Waals surface area (Å²) in [5.41, 5.74) is 0. The highest BCUT2D eigenvalue weighted by atomic mass is 35.7. The Morgan fingerprint density at radius 1 is 1.17 bits per heavy atom. The van der Waals surface area contributed by atoms with Crippen molar-refractivity contribution in [1.82, 2.24) is 0 Å². The summed E-state index contributed by atoms with van der Waals surface area (Å²) in [5.74, 6) is 0. The van der Waals surface area contributed by atoms with Crippen LogP contribution >= 0.6 is 33.2 Å². The van der Waals surface area contributed by atoms with Crippen LogP contribution in [0, 0.1) is 0 Å². The largest absolute Gasteiger partial charge is 0.235 e. The normalized spacial score (nSPS) is 16.0. The van der Waals surface area contributed by atoms with Crippen LogP contribution in [0.25, 0.3) is 0 Å². The lowest BCUT2D eigenvalue weighted by molar-refractivity contribution is 3.78. The fraction of sp³-hybridized carbons (Fsp3) is 0.